The molecule has 0 saturated carbocycles. The van der Waals surface area contributed by atoms with Crippen molar-refractivity contribution in [3.63, 3.8) is 0 Å². The molecule has 398 valence electrons. The molecule has 72 heavy (non-hydrogen) atoms. The second kappa shape index (κ2) is 25.6. The molecule has 0 aromatic heterocycles. The van der Waals surface area contributed by atoms with Gasteiger partial charge in [0.15, 0.2) is 6.29 Å². The van der Waals surface area contributed by atoms with Crippen molar-refractivity contribution in [2.75, 3.05) is 26.9 Å². The molecule has 3 fully saturated rings. The zero-order valence-corrected chi connectivity index (χ0v) is 44.1. The van der Waals surface area contributed by atoms with Gasteiger partial charge in [0.05, 0.1) is 42.6 Å². The highest BCUT2D eigenvalue weighted by Gasteiger charge is 2.60. The number of ether oxygens (including phenoxy) is 11. The van der Waals surface area contributed by atoms with Gasteiger partial charge >= 0.3 is 29.8 Å². The van der Waals surface area contributed by atoms with Crippen LogP contribution in [0.15, 0.2) is 60.7 Å². The minimum absolute atomic E-state index is 0.121. The fraction of sp³-hybridized carbons (Fsp3) is 0.620. The lowest BCUT2D eigenvalue weighted by molar-refractivity contribution is -0.374. The Hall–Kier alpha value is -4.60. The van der Waals surface area contributed by atoms with E-state index in [-0.39, 0.29) is 43.0 Å². The van der Waals surface area contributed by atoms with Crippen LogP contribution in [-0.4, -0.2) is 133 Å². The standard InChI is InChI=1S/C50H65Cl3N2O17/c1-25-21-49(48(61)62-10,71-40(26(25)2)29(5)37(66-33(9)58)22-63-32(8)57)72-41-30(6)45(70-47(54)50(51,52)53)68-38(24-65-44(60)35-19-15-12-16-20-35)42(41)69-46-39(55-31(7)56)28(4)27(3)36(67-46)23-64-43(59)34-17-13-11-14-18-34/h11-20,25-30,36-42,45-46,54H,21-24H2,1-10H3,(H,55,56)/t25?,26-,27+,28-,29+,30?,36?,37+,38?,39?,40+,41+,42-,45-,46-,49-/m0/s1. The molecule has 22 heteroatoms. The van der Waals surface area contributed by atoms with Crippen molar-refractivity contribution < 1.29 is 80.9 Å². The molecule has 3 aliphatic rings. The first-order valence-corrected chi connectivity index (χ1v) is 24.8. The van der Waals surface area contributed by atoms with Crippen LogP contribution in [0, 0.1) is 40.9 Å². The first-order valence-electron chi connectivity index (χ1n) is 23.6. The largest absolute Gasteiger partial charge is 0.465 e. The van der Waals surface area contributed by atoms with Crippen molar-refractivity contribution in [3.05, 3.63) is 71.8 Å². The molecule has 2 N–H and O–H groups in total. The van der Waals surface area contributed by atoms with Crippen molar-refractivity contribution in [3.8, 4) is 0 Å². The molecule has 3 heterocycles. The number of halogens is 3. The number of nitrogens with one attached hydrogen (secondary N) is 2. The zero-order valence-electron chi connectivity index (χ0n) is 41.8. The number of amides is 1. The summed E-state index contributed by atoms with van der Waals surface area (Å²) in [6.07, 6.45) is -10.1. The highest BCUT2D eigenvalue weighted by Crippen LogP contribution is 2.46. The van der Waals surface area contributed by atoms with Gasteiger partial charge in [0.25, 0.3) is 9.58 Å². The maximum Gasteiger partial charge on any atom is 0.366 e. The van der Waals surface area contributed by atoms with Crippen LogP contribution in [0.1, 0.15) is 89.5 Å². The van der Waals surface area contributed by atoms with Gasteiger partial charge in [0.1, 0.15) is 38.1 Å². The Morgan fingerprint density at radius 2 is 1.31 bits per heavy atom. The van der Waals surface area contributed by atoms with Gasteiger partial charge in [0.2, 0.25) is 18.1 Å². The summed E-state index contributed by atoms with van der Waals surface area (Å²) < 4.78 is 65.4. The van der Waals surface area contributed by atoms with Crippen LogP contribution < -0.4 is 5.32 Å². The molecule has 2 aromatic carbocycles. The second-order valence-corrected chi connectivity index (χ2v) is 20.9. The highest BCUT2D eigenvalue weighted by atomic mass is 35.6. The summed E-state index contributed by atoms with van der Waals surface area (Å²) in [6.45, 7) is 13.4. The number of hydrogen-bond acceptors (Lipinski definition) is 18. The molecule has 3 saturated heterocycles. The lowest BCUT2D eigenvalue weighted by Crippen LogP contribution is -2.66. The lowest BCUT2D eigenvalue weighted by atomic mass is 9.76. The van der Waals surface area contributed by atoms with Gasteiger partial charge in [-0.3, -0.25) is 19.8 Å². The fourth-order valence-corrected chi connectivity index (χ4v) is 9.23. The monoisotopic (exact) mass is 1070 g/mol. The number of rotatable bonds is 18. The van der Waals surface area contributed by atoms with E-state index >= 15 is 0 Å². The predicted molar refractivity (Wildman–Crippen MR) is 259 cm³/mol. The minimum atomic E-state index is -2.38. The van der Waals surface area contributed by atoms with Crippen molar-refractivity contribution >= 4 is 76.5 Å². The van der Waals surface area contributed by atoms with Crippen molar-refractivity contribution in [2.24, 2.45) is 35.5 Å². The Balaban J connectivity index is 1.64. The third kappa shape index (κ3) is 14.8. The number of hydrogen-bond donors (Lipinski definition) is 2. The van der Waals surface area contributed by atoms with E-state index in [2.05, 4.69) is 5.32 Å². The second-order valence-electron chi connectivity index (χ2n) is 18.6. The molecular weight excluding hydrogens is 1010 g/mol. The summed E-state index contributed by atoms with van der Waals surface area (Å²) in [5.74, 6) is -10.5. The van der Waals surface area contributed by atoms with Gasteiger partial charge < -0.3 is 57.4 Å². The molecule has 2 aromatic rings. The van der Waals surface area contributed by atoms with E-state index in [1.54, 1.807) is 74.5 Å². The average Bonchev–Trinajstić information content (AvgIpc) is 3.33. The first-order chi connectivity index (χ1) is 33.9. The summed E-state index contributed by atoms with van der Waals surface area (Å²) >= 11 is 18.3. The quantitative estimate of drug-likeness (QED) is 0.0515. The van der Waals surface area contributed by atoms with Crippen LogP contribution in [0.3, 0.4) is 0 Å². The first kappa shape index (κ1) is 58.3. The van der Waals surface area contributed by atoms with Crippen LogP contribution in [0.4, 0.5) is 0 Å². The van der Waals surface area contributed by atoms with Crippen LogP contribution in [0.25, 0.3) is 0 Å². The number of carbonyl (C=O) groups excluding carboxylic acids is 6. The summed E-state index contributed by atoms with van der Waals surface area (Å²) in [4.78, 5) is 78.6. The highest BCUT2D eigenvalue weighted by molar-refractivity contribution is 6.76. The SMILES string of the molecule is COC(=O)[C@@]1(O[C@@H]2C(C)[C@H](OC(=N)C(Cl)(Cl)Cl)OC(COC(=O)c3ccccc3)[C@@H]2O[C@@H]2OC(COC(=O)c3ccccc3)[C@H](C)[C@H](C)C2NC(C)=O)CC(C)[C@H](C)[C@H]([C@H](C)[C@@H](COC(C)=O)OC(C)=O)O1. The van der Waals surface area contributed by atoms with Crippen LogP contribution >= 0.6 is 34.8 Å². The number of alkyl halides is 3. The van der Waals surface area contributed by atoms with Crippen molar-refractivity contribution in [1.82, 2.24) is 5.32 Å². The maximum absolute atomic E-state index is 14.5. The number of carbonyl (C=O) groups is 6. The van der Waals surface area contributed by atoms with E-state index in [0.29, 0.717) is 5.56 Å². The van der Waals surface area contributed by atoms with Crippen LogP contribution in [-0.2, 0) is 71.3 Å². The van der Waals surface area contributed by atoms with Gasteiger partial charge in [-0.05, 0) is 47.9 Å². The van der Waals surface area contributed by atoms with E-state index in [0.717, 1.165) is 7.11 Å². The average molecular weight is 1070 g/mol. The molecule has 0 bridgehead atoms. The van der Waals surface area contributed by atoms with Gasteiger partial charge in [0, 0.05) is 39.0 Å². The normalized spacial score (nSPS) is 31.4. The molecular formula is C50H65Cl3N2O17. The number of methoxy groups -OCH3 is 1. The molecule has 0 radical (unpaired) electrons. The van der Waals surface area contributed by atoms with Gasteiger partial charge in [-0.1, -0.05) is 113 Å². The van der Waals surface area contributed by atoms with E-state index in [1.165, 1.54) is 20.8 Å². The van der Waals surface area contributed by atoms with Gasteiger partial charge in [-0.2, -0.15) is 0 Å². The Kier molecular flexibility index (Phi) is 20.7. The number of benzene rings is 2. The maximum atomic E-state index is 14.5. The molecule has 5 rings (SSSR count). The third-order valence-corrected chi connectivity index (χ3v) is 14.0. The lowest BCUT2D eigenvalue weighted by Gasteiger charge is -2.53. The van der Waals surface area contributed by atoms with Crippen LogP contribution in [0.2, 0.25) is 0 Å². The fourth-order valence-electron chi connectivity index (χ4n) is 9.10. The molecule has 16 atom stereocenters. The summed E-state index contributed by atoms with van der Waals surface area (Å²) in [5, 5.41) is 11.5. The molecule has 3 aliphatic heterocycles. The topological polar surface area (TPSA) is 240 Å². The van der Waals surface area contributed by atoms with E-state index in [9.17, 15) is 28.8 Å². The predicted octanol–water partition coefficient (Wildman–Crippen LogP) is 6.76. The Bertz CT molecular complexity index is 2200. The molecule has 0 spiro atoms. The minimum Gasteiger partial charge on any atom is -0.465 e. The smallest absolute Gasteiger partial charge is 0.366 e. The summed E-state index contributed by atoms with van der Waals surface area (Å²) in [6, 6.07) is 15.6. The van der Waals surface area contributed by atoms with Crippen LogP contribution in [0.5, 0.6) is 0 Å². The molecule has 1 amide bonds. The molecule has 5 unspecified atom stereocenters. The number of esters is 5. The van der Waals surface area contributed by atoms with E-state index in [4.69, 9.17) is 92.3 Å². The Labute approximate surface area is 434 Å². The van der Waals surface area contributed by atoms with Gasteiger partial charge in [-0.25, -0.2) is 14.4 Å². The Morgan fingerprint density at radius 3 is 1.82 bits per heavy atom. The summed E-state index contributed by atoms with van der Waals surface area (Å²) in [7, 11) is 1.14. The van der Waals surface area contributed by atoms with Gasteiger partial charge in [-0.15, -0.1) is 0 Å². The zero-order chi connectivity index (χ0) is 53.2. The molecule has 19 nitrogen and oxygen atoms in total. The van der Waals surface area contributed by atoms with Crippen molar-refractivity contribution in [1.29, 1.82) is 5.41 Å². The van der Waals surface area contributed by atoms with E-state index in [1.807, 2.05) is 27.7 Å². The third-order valence-electron chi connectivity index (χ3n) is 13.5. The van der Waals surface area contributed by atoms with E-state index < -0.39 is 131 Å². The molecule has 0 aliphatic carbocycles. The Morgan fingerprint density at radius 1 is 0.750 bits per heavy atom. The summed E-state index contributed by atoms with van der Waals surface area (Å²) in [5.41, 5.74) is 0.508. The van der Waals surface area contributed by atoms with Crippen molar-refractivity contribution in [2.45, 2.75) is 134 Å².